The zero-order chi connectivity index (χ0) is 18.5. The van der Waals surface area contributed by atoms with Crippen LogP contribution in [0.5, 0.6) is 0 Å². The summed E-state index contributed by atoms with van der Waals surface area (Å²) in [6, 6.07) is 35.0. The average Bonchev–Trinajstić information content (AvgIpc) is 2.74. The number of benzene rings is 4. The van der Waals surface area contributed by atoms with Crippen LogP contribution in [0.15, 0.2) is 103 Å². The molecule has 1 atom stereocenters. The van der Waals surface area contributed by atoms with Crippen molar-refractivity contribution in [2.24, 2.45) is 0 Å². The minimum Gasteiger partial charge on any atom is -0.294 e. The Bertz CT molecular complexity index is 1040. The second-order valence-corrected chi connectivity index (χ2v) is 6.99. The molecule has 0 aliphatic carbocycles. The molecule has 0 spiro atoms. The third kappa shape index (κ3) is 4.15. The number of rotatable bonds is 6. The lowest BCUT2D eigenvalue weighted by Crippen LogP contribution is -2.10. The summed E-state index contributed by atoms with van der Waals surface area (Å²) < 4.78 is 0. The summed E-state index contributed by atoms with van der Waals surface area (Å²) in [7, 11) is 0. The van der Waals surface area contributed by atoms with Crippen LogP contribution >= 0.6 is 0 Å². The molecular weight excluding hydrogens is 328 g/mol. The molecule has 0 heterocycles. The van der Waals surface area contributed by atoms with E-state index >= 15 is 0 Å². The fraction of sp³-hybridized carbons (Fsp3) is 0.115. The molecule has 0 unspecified atom stereocenters. The van der Waals surface area contributed by atoms with Gasteiger partial charge >= 0.3 is 0 Å². The van der Waals surface area contributed by atoms with Crippen molar-refractivity contribution in [2.75, 3.05) is 0 Å². The highest BCUT2D eigenvalue weighted by Crippen LogP contribution is 2.27. The fourth-order valence-corrected chi connectivity index (χ4v) is 3.65. The van der Waals surface area contributed by atoms with E-state index in [2.05, 4.69) is 66.7 Å². The van der Waals surface area contributed by atoms with E-state index in [0.29, 0.717) is 6.42 Å². The Morgan fingerprint density at radius 1 is 0.667 bits per heavy atom. The van der Waals surface area contributed by atoms with E-state index in [1.165, 1.54) is 21.9 Å². The van der Waals surface area contributed by atoms with Crippen molar-refractivity contribution in [2.45, 2.75) is 18.8 Å². The van der Waals surface area contributed by atoms with Gasteiger partial charge in [-0.2, -0.15) is 0 Å². The molecule has 4 aromatic rings. The van der Waals surface area contributed by atoms with Gasteiger partial charge < -0.3 is 0 Å². The zero-order valence-corrected chi connectivity index (χ0v) is 15.2. The van der Waals surface area contributed by atoms with Crippen LogP contribution in [0.4, 0.5) is 0 Å². The summed E-state index contributed by atoms with van der Waals surface area (Å²) in [4.78, 5) is 12.8. The van der Waals surface area contributed by atoms with Crippen molar-refractivity contribution in [1.29, 1.82) is 0 Å². The highest BCUT2D eigenvalue weighted by molar-refractivity contribution is 5.96. The minimum absolute atomic E-state index is 0.167. The van der Waals surface area contributed by atoms with Crippen LogP contribution in [0.2, 0.25) is 0 Å². The Hall–Kier alpha value is -3.19. The molecule has 0 aromatic heterocycles. The molecule has 0 saturated heterocycles. The van der Waals surface area contributed by atoms with Gasteiger partial charge in [-0.3, -0.25) is 4.79 Å². The summed E-state index contributed by atoms with van der Waals surface area (Å²) in [5.74, 6) is 0.366. The van der Waals surface area contributed by atoms with E-state index in [9.17, 15) is 4.79 Å². The maximum absolute atomic E-state index is 12.8. The van der Waals surface area contributed by atoms with Gasteiger partial charge in [0.2, 0.25) is 0 Å². The number of fused-ring (bicyclic) bond motifs is 1. The van der Waals surface area contributed by atoms with E-state index in [1.807, 2.05) is 36.4 Å². The highest BCUT2D eigenvalue weighted by atomic mass is 16.1. The van der Waals surface area contributed by atoms with Crippen LogP contribution in [0.1, 0.15) is 33.8 Å². The van der Waals surface area contributed by atoms with E-state index < -0.39 is 0 Å². The number of ketones is 1. The van der Waals surface area contributed by atoms with Crippen molar-refractivity contribution in [3.8, 4) is 0 Å². The molecule has 0 radical (unpaired) electrons. The molecule has 1 nitrogen and oxygen atoms in total. The van der Waals surface area contributed by atoms with E-state index in [-0.39, 0.29) is 11.7 Å². The second kappa shape index (κ2) is 8.01. The molecule has 132 valence electrons. The summed E-state index contributed by atoms with van der Waals surface area (Å²) in [6.07, 6.45) is 1.37. The molecule has 0 N–H and O–H groups in total. The third-order valence-electron chi connectivity index (χ3n) is 5.09. The topological polar surface area (TPSA) is 17.1 Å². The summed E-state index contributed by atoms with van der Waals surface area (Å²) in [5.41, 5.74) is 3.27. The van der Waals surface area contributed by atoms with Crippen molar-refractivity contribution in [1.82, 2.24) is 0 Å². The average molecular weight is 350 g/mol. The van der Waals surface area contributed by atoms with Gasteiger partial charge in [-0.05, 0) is 34.2 Å². The predicted molar refractivity (Wildman–Crippen MR) is 112 cm³/mol. The van der Waals surface area contributed by atoms with Crippen molar-refractivity contribution in [3.63, 3.8) is 0 Å². The third-order valence-corrected chi connectivity index (χ3v) is 5.09. The van der Waals surface area contributed by atoms with Gasteiger partial charge in [0, 0.05) is 12.0 Å². The molecule has 0 fully saturated rings. The lowest BCUT2D eigenvalue weighted by atomic mass is 9.86. The fourth-order valence-electron chi connectivity index (χ4n) is 3.65. The monoisotopic (exact) mass is 350 g/mol. The highest BCUT2D eigenvalue weighted by Gasteiger charge is 2.18. The molecule has 4 aromatic carbocycles. The molecule has 1 heteroatoms. The first-order chi connectivity index (χ1) is 13.3. The number of hydrogen-bond acceptors (Lipinski definition) is 1. The van der Waals surface area contributed by atoms with Gasteiger partial charge in [0.05, 0.1) is 0 Å². The summed E-state index contributed by atoms with van der Waals surface area (Å²) in [5, 5.41) is 2.49. The quantitative estimate of drug-likeness (QED) is 0.366. The molecule has 27 heavy (non-hydrogen) atoms. The molecule has 0 bridgehead atoms. The Labute approximate surface area is 160 Å². The van der Waals surface area contributed by atoms with Crippen LogP contribution in [0.25, 0.3) is 10.8 Å². The van der Waals surface area contributed by atoms with Gasteiger partial charge in [-0.15, -0.1) is 0 Å². The Kier molecular flexibility index (Phi) is 5.11. The molecule has 0 aliphatic rings. The number of carbonyl (C=O) groups is 1. The van der Waals surface area contributed by atoms with Gasteiger partial charge in [-0.25, -0.2) is 0 Å². The predicted octanol–water partition coefficient (Wildman–Crippen LogP) is 6.44. The van der Waals surface area contributed by atoms with E-state index in [0.717, 1.165) is 12.0 Å². The maximum Gasteiger partial charge on any atom is 0.163 e. The smallest absolute Gasteiger partial charge is 0.163 e. The Morgan fingerprint density at radius 3 is 2.04 bits per heavy atom. The summed E-state index contributed by atoms with van der Waals surface area (Å²) >= 11 is 0. The van der Waals surface area contributed by atoms with Gasteiger partial charge in [0.25, 0.3) is 0 Å². The Morgan fingerprint density at radius 2 is 1.30 bits per heavy atom. The van der Waals surface area contributed by atoms with Crippen LogP contribution in [0.3, 0.4) is 0 Å². The Balaban J connectivity index is 1.62. The first kappa shape index (κ1) is 17.2. The van der Waals surface area contributed by atoms with Crippen molar-refractivity contribution in [3.05, 3.63) is 120 Å². The molecular formula is C26H22O. The normalized spacial score (nSPS) is 12.0. The summed E-state index contributed by atoms with van der Waals surface area (Å²) in [6.45, 7) is 0. The molecule has 4 rings (SSSR count). The van der Waals surface area contributed by atoms with Crippen LogP contribution in [-0.4, -0.2) is 5.78 Å². The maximum atomic E-state index is 12.8. The first-order valence-electron chi connectivity index (χ1n) is 9.40. The SMILES string of the molecule is O=C(C[C@@H](Cc1ccc2ccccc2c1)c1ccccc1)c1ccccc1. The minimum atomic E-state index is 0.167. The van der Waals surface area contributed by atoms with Gasteiger partial charge in [-0.1, -0.05) is 103 Å². The molecule has 0 saturated carbocycles. The largest absolute Gasteiger partial charge is 0.294 e. The first-order valence-corrected chi connectivity index (χ1v) is 9.40. The number of hydrogen-bond donors (Lipinski definition) is 0. The lowest BCUT2D eigenvalue weighted by Gasteiger charge is -2.17. The van der Waals surface area contributed by atoms with E-state index in [4.69, 9.17) is 0 Å². The van der Waals surface area contributed by atoms with Crippen LogP contribution in [-0.2, 0) is 6.42 Å². The molecule has 0 amide bonds. The zero-order valence-electron chi connectivity index (χ0n) is 15.2. The van der Waals surface area contributed by atoms with Crippen molar-refractivity contribution >= 4 is 16.6 Å². The van der Waals surface area contributed by atoms with Gasteiger partial charge in [0.1, 0.15) is 0 Å². The second-order valence-electron chi connectivity index (χ2n) is 6.99. The van der Waals surface area contributed by atoms with Crippen LogP contribution < -0.4 is 0 Å². The van der Waals surface area contributed by atoms with Crippen molar-refractivity contribution < 1.29 is 4.79 Å². The lowest BCUT2D eigenvalue weighted by molar-refractivity contribution is 0.0973. The standard InChI is InChI=1S/C26H22O/c27-26(23-12-5-2-6-13-23)19-25(21-9-3-1-4-10-21)18-20-15-16-22-11-7-8-14-24(22)17-20/h1-17,25H,18-19H2/t25-/m1/s1. The van der Waals surface area contributed by atoms with Gasteiger partial charge in [0.15, 0.2) is 5.78 Å². The van der Waals surface area contributed by atoms with E-state index in [1.54, 1.807) is 0 Å². The molecule has 0 aliphatic heterocycles. The van der Waals surface area contributed by atoms with Crippen LogP contribution in [0, 0.1) is 0 Å². The number of carbonyl (C=O) groups excluding carboxylic acids is 1. The number of Topliss-reactive ketones (excluding diaryl/α,β-unsaturated/α-hetero) is 1.